The van der Waals surface area contributed by atoms with E-state index in [1.807, 2.05) is 6.92 Å². The van der Waals surface area contributed by atoms with Crippen molar-refractivity contribution in [2.24, 2.45) is 11.7 Å². The van der Waals surface area contributed by atoms with Crippen molar-refractivity contribution < 1.29 is 9.59 Å². The lowest BCUT2D eigenvalue weighted by molar-refractivity contribution is 0.161. The fourth-order valence-electron chi connectivity index (χ4n) is 3.24. The molecule has 0 aromatic rings. The average molecular weight is 239 g/mol. The molecule has 2 aliphatic rings. The second kappa shape index (κ2) is 4.55. The summed E-state index contributed by atoms with van der Waals surface area (Å²) in [6.07, 6.45) is 5.84. The normalized spacial score (nSPS) is 31.1. The Bertz CT molecular complexity index is 326. The molecule has 17 heavy (non-hydrogen) atoms. The summed E-state index contributed by atoms with van der Waals surface area (Å²) in [7, 11) is 1.74. The third-order valence-corrected chi connectivity index (χ3v) is 4.28. The Morgan fingerprint density at radius 3 is 2.41 bits per heavy atom. The number of urea groups is 2. The number of likely N-dealkylation sites (N-methyl/N-ethyl adjacent to an activating group) is 1. The van der Waals surface area contributed by atoms with Gasteiger partial charge in [0.2, 0.25) is 0 Å². The van der Waals surface area contributed by atoms with Gasteiger partial charge in [0.05, 0.1) is 12.1 Å². The highest BCUT2D eigenvalue weighted by molar-refractivity contribution is 5.95. The SMILES string of the molecule is C[C@H]1[C@@H](C2CCCCC2)N(C(N)=O)C(=O)N1C. The van der Waals surface area contributed by atoms with Crippen LogP contribution in [0.2, 0.25) is 0 Å². The number of nitrogens with zero attached hydrogens (tertiary/aromatic N) is 2. The number of carbonyl (C=O) groups is 2. The molecule has 2 fully saturated rings. The maximum absolute atomic E-state index is 12.0. The molecular weight excluding hydrogens is 218 g/mol. The van der Waals surface area contributed by atoms with E-state index in [1.165, 1.54) is 24.2 Å². The Morgan fingerprint density at radius 2 is 1.88 bits per heavy atom. The van der Waals surface area contributed by atoms with Crippen LogP contribution in [0.3, 0.4) is 0 Å². The topological polar surface area (TPSA) is 66.6 Å². The van der Waals surface area contributed by atoms with Crippen LogP contribution >= 0.6 is 0 Å². The Kier molecular flexibility index (Phi) is 3.26. The van der Waals surface area contributed by atoms with E-state index in [2.05, 4.69) is 0 Å². The van der Waals surface area contributed by atoms with Crippen LogP contribution in [0.1, 0.15) is 39.0 Å². The number of nitrogens with two attached hydrogens (primary N) is 1. The van der Waals surface area contributed by atoms with Crippen molar-refractivity contribution in [3.8, 4) is 0 Å². The van der Waals surface area contributed by atoms with Crippen molar-refractivity contribution in [3.05, 3.63) is 0 Å². The Morgan fingerprint density at radius 1 is 1.29 bits per heavy atom. The van der Waals surface area contributed by atoms with Crippen molar-refractivity contribution in [2.75, 3.05) is 7.05 Å². The van der Waals surface area contributed by atoms with E-state index in [4.69, 9.17) is 5.73 Å². The summed E-state index contributed by atoms with van der Waals surface area (Å²) in [6.45, 7) is 2.00. The molecule has 5 heteroatoms. The molecule has 1 saturated heterocycles. The number of imide groups is 1. The number of carbonyl (C=O) groups excluding carboxylic acids is 2. The van der Waals surface area contributed by atoms with Gasteiger partial charge in [-0.3, -0.25) is 0 Å². The van der Waals surface area contributed by atoms with Crippen LogP contribution in [0, 0.1) is 5.92 Å². The average Bonchev–Trinajstić information content (AvgIpc) is 2.55. The first-order valence-corrected chi connectivity index (χ1v) is 6.39. The number of hydrogen-bond acceptors (Lipinski definition) is 2. The number of primary amides is 1. The summed E-state index contributed by atoms with van der Waals surface area (Å²) in [5.74, 6) is 0.417. The summed E-state index contributed by atoms with van der Waals surface area (Å²) < 4.78 is 0. The fraction of sp³-hybridized carbons (Fsp3) is 0.833. The minimum atomic E-state index is -0.609. The van der Waals surface area contributed by atoms with Gasteiger partial charge in [0.25, 0.3) is 0 Å². The molecule has 5 nitrogen and oxygen atoms in total. The summed E-state index contributed by atoms with van der Waals surface area (Å²) in [6, 6.07) is -0.828. The van der Waals surface area contributed by atoms with Crippen LogP contribution in [0.4, 0.5) is 9.59 Å². The van der Waals surface area contributed by atoms with E-state index in [0.717, 1.165) is 12.8 Å². The van der Waals surface area contributed by atoms with Crippen molar-refractivity contribution in [1.29, 1.82) is 0 Å². The van der Waals surface area contributed by atoms with Crippen LogP contribution < -0.4 is 5.73 Å². The molecule has 2 N–H and O–H groups in total. The predicted octanol–water partition coefficient (Wildman–Crippen LogP) is 1.77. The molecule has 0 unspecified atom stereocenters. The first kappa shape index (κ1) is 12.2. The lowest BCUT2D eigenvalue weighted by Crippen LogP contribution is -2.48. The van der Waals surface area contributed by atoms with Crippen molar-refractivity contribution in [2.45, 2.75) is 51.1 Å². The summed E-state index contributed by atoms with van der Waals surface area (Å²) in [5, 5.41) is 0. The van der Waals surface area contributed by atoms with Crippen molar-refractivity contribution in [1.82, 2.24) is 9.80 Å². The van der Waals surface area contributed by atoms with Gasteiger partial charge >= 0.3 is 12.1 Å². The smallest absolute Gasteiger partial charge is 0.328 e. The van der Waals surface area contributed by atoms with E-state index in [0.29, 0.717) is 5.92 Å². The Balaban J connectivity index is 2.22. The van der Waals surface area contributed by atoms with E-state index in [9.17, 15) is 9.59 Å². The van der Waals surface area contributed by atoms with Gasteiger partial charge in [0, 0.05) is 7.05 Å². The largest absolute Gasteiger partial charge is 0.351 e. The van der Waals surface area contributed by atoms with Gasteiger partial charge in [0.15, 0.2) is 0 Å². The van der Waals surface area contributed by atoms with Gasteiger partial charge in [-0.1, -0.05) is 19.3 Å². The molecule has 2 rings (SSSR count). The van der Waals surface area contributed by atoms with Gasteiger partial charge < -0.3 is 10.6 Å². The van der Waals surface area contributed by atoms with Gasteiger partial charge in [-0.05, 0) is 25.7 Å². The maximum Gasteiger partial charge on any atom is 0.328 e. The molecule has 1 aliphatic heterocycles. The number of hydrogen-bond donors (Lipinski definition) is 1. The molecular formula is C12H21N3O2. The molecule has 1 heterocycles. The van der Waals surface area contributed by atoms with Crippen LogP contribution in [0.5, 0.6) is 0 Å². The quantitative estimate of drug-likeness (QED) is 0.757. The molecule has 4 amide bonds. The van der Waals surface area contributed by atoms with E-state index >= 15 is 0 Å². The predicted molar refractivity (Wildman–Crippen MR) is 64.4 cm³/mol. The highest BCUT2D eigenvalue weighted by Gasteiger charge is 2.47. The monoisotopic (exact) mass is 239 g/mol. The van der Waals surface area contributed by atoms with E-state index in [-0.39, 0.29) is 18.1 Å². The third-order valence-electron chi connectivity index (χ3n) is 4.28. The first-order valence-electron chi connectivity index (χ1n) is 6.39. The first-order chi connectivity index (χ1) is 8.04. The van der Waals surface area contributed by atoms with Crippen LogP contribution in [-0.4, -0.2) is 41.0 Å². The molecule has 96 valence electrons. The number of rotatable bonds is 1. The van der Waals surface area contributed by atoms with Crippen LogP contribution in [0.25, 0.3) is 0 Å². The third kappa shape index (κ3) is 1.98. The van der Waals surface area contributed by atoms with Crippen LogP contribution in [0.15, 0.2) is 0 Å². The fourth-order valence-corrected chi connectivity index (χ4v) is 3.24. The summed E-state index contributed by atoms with van der Waals surface area (Å²) in [5.41, 5.74) is 5.35. The minimum absolute atomic E-state index is 0.0368. The summed E-state index contributed by atoms with van der Waals surface area (Å²) in [4.78, 5) is 26.3. The molecule has 0 radical (unpaired) electrons. The molecule has 1 saturated carbocycles. The van der Waals surface area contributed by atoms with Crippen molar-refractivity contribution >= 4 is 12.1 Å². The zero-order chi connectivity index (χ0) is 12.6. The summed E-state index contributed by atoms with van der Waals surface area (Å²) >= 11 is 0. The zero-order valence-corrected chi connectivity index (χ0v) is 10.6. The van der Waals surface area contributed by atoms with Gasteiger partial charge in [-0.2, -0.15) is 0 Å². The number of amides is 4. The molecule has 0 aromatic heterocycles. The molecule has 2 atom stereocenters. The van der Waals surface area contributed by atoms with Crippen LogP contribution in [-0.2, 0) is 0 Å². The highest BCUT2D eigenvalue weighted by atomic mass is 16.2. The van der Waals surface area contributed by atoms with Crippen molar-refractivity contribution in [3.63, 3.8) is 0 Å². The molecule has 1 aliphatic carbocycles. The lowest BCUT2D eigenvalue weighted by Gasteiger charge is -2.33. The maximum atomic E-state index is 12.0. The minimum Gasteiger partial charge on any atom is -0.351 e. The van der Waals surface area contributed by atoms with E-state index in [1.54, 1.807) is 11.9 Å². The Labute approximate surface area is 102 Å². The second-order valence-electron chi connectivity index (χ2n) is 5.23. The lowest BCUT2D eigenvalue weighted by atomic mass is 9.81. The van der Waals surface area contributed by atoms with Gasteiger partial charge in [-0.15, -0.1) is 0 Å². The second-order valence-corrected chi connectivity index (χ2v) is 5.23. The Hall–Kier alpha value is -1.26. The molecule has 0 aromatic carbocycles. The van der Waals surface area contributed by atoms with Gasteiger partial charge in [-0.25, -0.2) is 14.5 Å². The van der Waals surface area contributed by atoms with E-state index < -0.39 is 6.03 Å². The highest BCUT2D eigenvalue weighted by Crippen LogP contribution is 2.35. The molecule has 0 bridgehead atoms. The standard InChI is InChI=1S/C12H21N3O2/c1-8-10(9-6-4-3-5-7-9)15(11(13)16)12(17)14(8)2/h8-10H,3-7H2,1-2H3,(H2,13,16)/t8-,10-/m0/s1. The van der Waals surface area contributed by atoms with Gasteiger partial charge in [0.1, 0.15) is 0 Å². The zero-order valence-electron chi connectivity index (χ0n) is 10.6. The molecule has 0 spiro atoms.